The Labute approximate surface area is 171 Å². The SMILES string of the molecule is CC(C)(C)c1cnc(CNc2ccc3nnc(-c4cc(Cl)cc(Cl)c4)n3n2)o1. The Hall–Kier alpha value is -2.64. The summed E-state index contributed by atoms with van der Waals surface area (Å²) in [6, 6.07) is 8.86. The molecule has 0 saturated carbocycles. The molecule has 3 aromatic heterocycles. The van der Waals surface area contributed by atoms with E-state index in [1.165, 1.54) is 0 Å². The van der Waals surface area contributed by atoms with Gasteiger partial charge in [-0.3, -0.25) is 0 Å². The van der Waals surface area contributed by atoms with Crippen LogP contribution in [0.1, 0.15) is 32.4 Å². The van der Waals surface area contributed by atoms with Crippen LogP contribution in [0.25, 0.3) is 17.0 Å². The van der Waals surface area contributed by atoms with Gasteiger partial charge in [0.1, 0.15) is 11.6 Å². The van der Waals surface area contributed by atoms with E-state index in [9.17, 15) is 0 Å². The van der Waals surface area contributed by atoms with Crippen LogP contribution in [-0.4, -0.2) is 24.8 Å². The van der Waals surface area contributed by atoms with E-state index in [4.69, 9.17) is 27.6 Å². The number of anilines is 1. The number of hydrogen-bond donors (Lipinski definition) is 1. The normalized spacial score (nSPS) is 11.9. The first-order valence-electron chi connectivity index (χ1n) is 8.67. The molecule has 4 aromatic rings. The Morgan fingerprint density at radius 2 is 1.82 bits per heavy atom. The van der Waals surface area contributed by atoms with Gasteiger partial charge in [-0.05, 0) is 30.3 Å². The van der Waals surface area contributed by atoms with Gasteiger partial charge in [-0.2, -0.15) is 4.52 Å². The Balaban J connectivity index is 1.60. The molecule has 7 nitrogen and oxygen atoms in total. The summed E-state index contributed by atoms with van der Waals surface area (Å²) in [6.45, 7) is 6.65. The fourth-order valence-electron chi connectivity index (χ4n) is 2.65. The summed E-state index contributed by atoms with van der Waals surface area (Å²) in [6.07, 6.45) is 1.76. The summed E-state index contributed by atoms with van der Waals surface area (Å²) >= 11 is 12.2. The number of nitrogens with one attached hydrogen (secondary N) is 1. The maximum absolute atomic E-state index is 6.11. The standard InChI is InChI=1S/C19H18Cl2N6O/c1-19(2,3)14-9-23-17(28-14)10-22-15-4-5-16-24-25-18(27(16)26-15)11-6-12(20)8-13(21)7-11/h4-9H,10H2,1-3H3,(H,22,26). The zero-order chi connectivity index (χ0) is 19.9. The lowest BCUT2D eigenvalue weighted by Crippen LogP contribution is -2.09. The van der Waals surface area contributed by atoms with Crippen molar-refractivity contribution in [3.05, 3.63) is 58.2 Å². The van der Waals surface area contributed by atoms with Crippen LogP contribution < -0.4 is 5.32 Å². The van der Waals surface area contributed by atoms with Crippen LogP contribution in [0.4, 0.5) is 5.82 Å². The minimum Gasteiger partial charge on any atom is -0.443 e. The number of rotatable bonds is 4. The first-order chi connectivity index (χ1) is 13.3. The Morgan fingerprint density at radius 1 is 1.07 bits per heavy atom. The van der Waals surface area contributed by atoms with Gasteiger partial charge in [-0.1, -0.05) is 44.0 Å². The second-order valence-electron chi connectivity index (χ2n) is 7.39. The third-order valence-corrected chi connectivity index (χ3v) is 4.53. The molecule has 0 saturated heterocycles. The van der Waals surface area contributed by atoms with Gasteiger partial charge in [0.25, 0.3) is 0 Å². The lowest BCUT2D eigenvalue weighted by atomic mass is 9.94. The monoisotopic (exact) mass is 416 g/mol. The molecule has 144 valence electrons. The number of fused-ring (bicyclic) bond motifs is 1. The molecule has 4 rings (SSSR count). The highest BCUT2D eigenvalue weighted by atomic mass is 35.5. The summed E-state index contributed by atoms with van der Waals surface area (Å²) in [5.74, 6) is 2.62. The number of halogens is 2. The molecule has 0 bridgehead atoms. The predicted molar refractivity (Wildman–Crippen MR) is 109 cm³/mol. The fraction of sp³-hybridized carbons (Fsp3) is 0.263. The molecule has 9 heteroatoms. The molecule has 0 fully saturated rings. The van der Waals surface area contributed by atoms with Gasteiger partial charge in [0.2, 0.25) is 5.89 Å². The molecule has 0 aliphatic heterocycles. The van der Waals surface area contributed by atoms with Crippen molar-refractivity contribution in [1.29, 1.82) is 0 Å². The van der Waals surface area contributed by atoms with E-state index in [0.29, 0.717) is 39.8 Å². The van der Waals surface area contributed by atoms with Gasteiger partial charge in [-0.25, -0.2) is 4.98 Å². The van der Waals surface area contributed by atoms with Crippen molar-refractivity contribution in [2.75, 3.05) is 5.32 Å². The van der Waals surface area contributed by atoms with Crippen molar-refractivity contribution >= 4 is 34.7 Å². The molecule has 0 atom stereocenters. The van der Waals surface area contributed by atoms with E-state index in [0.717, 1.165) is 11.3 Å². The molecular formula is C19H18Cl2N6O. The molecule has 0 radical (unpaired) electrons. The number of benzene rings is 1. The molecule has 3 heterocycles. The van der Waals surface area contributed by atoms with Gasteiger partial charge in [0, 0.05) is 21.0 Å². The summed E-state index contributed by atoms with van der Waals surface area (Å²) in [7, 11) is 0. The van der Waals surface area contributed by atoms with Crippen molar-refractivity contribution in [2.45, 2.75) is 32.7 Å². The molecule has 28 heavy (non-hydrogen) atoms. The molecule has 0 unspecified atom stereocenters. The molecule has 0 amide bonds. The van der Waals surface area contributed by atoms with Crippen LogP contribution in [0.3, 0.4) is 0 Å². The topological polar surface area (TPSA) is 81.1 Å². The van der Waals surface area contributed by atoms with Crippen molar-refractivity contribution in [1.82, 2.24) is 24.8 Å². The molecule has 0 aliphatic carbocycles. The highest BCUT2D eigenvalue weighted by molar-refractivity contribution is 6.35. The van der Waals surface area contributed by atoms with E-state index in [-0.39, 0.29) is 5.41 Å². The predicted octanol–water partition coefficient (Wildman–Crippen LogP) is 5.00. The van der Waals surface area contributed by atoms with Crippen LogP contribution in [0, 0.1) is 0 Å². The van der Waals surface area contributed by atoms with Crippen LogP contribution in [0.2, 0.25) is 10.0 Å². The number of nitrogens with zero attached hydrogens (tertiary/aromatic N) is 5. The van der Waals surface area contributed by atoms with E-state index >= 15 is 0 Å². The summed E-state index contributed by atoms with van der Waals surface area (Å²) < 4.78 is 7.44. The van der Waals surface area contributed by atoms with Gasteiger partial charge in [0.15, 0.2) is 11.5 Å². The third-order valence-electron chi connectivity index (χ3n) is 4.10. The highest BCUT2D eigenvalue weighted by Crippen LogP contribution is 2.26. The second kappa shape index (κ2) is 7.07. The summed E-state index contributed by atoms with van der Waals surface area (Å²) in [5, 5.41) is 17.2. The Bertz CT molecular complexity index is 1120. The minimum atomic E-state index is -0.0853. The summed E-state index contributed by atoms with van der Waals surface area (Å²) in [4.78, 5) is 4.32. The van der Waals surface area contributed by atoms with Gasteiger partial charge < -0.3 is 9.73 Å². The maximum atomic E-state index is 6.11. The quantitative estimate of drug-likeness (QED) is 0.504. The zero-order valence-electron chi connectivity index (χ0n) is 15.6. The average Bonchev–Trinajstić information content (AvgIpc) is 3.25. The Morgan fingerprint density at radius 3 is 2.50 bits per heavy atom. The van der Waals surface area contributed by atoms with E-state index < -0.39 is 0 Å². The summed E-state index contributed by atoms with van der Waals surface area (Å²) in [5.41, 5.74) is 1.26. The zero-order valence-corrected chi connectivity index (χ0v) is 17.1. The smallest absolute Gasteiger partial charge is 0.213 e. The van der Waals surface area contributed by atoms with Crippen molar-refractivity contribution in [3.8, 4) is 11.4 Å². The van der Waals surface area contributed by atoms with Crippen molar-refractivity contribution < 1.29 is 4.42 Å². The first-order valence-corrected chi connectivity index (χ1v) is 9.43. The highest BCUT2D eigenvalue weighted by Gasteiger charge is 2.19. The van der Waals surface area contributed by atoms with Crippen LogP contribution in [-0.2, 0) is 12.0 Å². The molecule has 0 aliphatic rings. The van der Waals surface area contributed by atoms with Crippen molar-refractivity contribution in [2.24, 2.45) is 0 Å². The van der Waals surface area contributed by atoms with Gasteiger partial charge in [-0.15, -0.1) is 15.3 Å². The Kier molecular flexibility index (Phi) is 4.72. The molecular weight excluding hydrogens is 399 g/mol. The van der Waals surface area contributed by atoms with Crippen LogP contribution >= 0.6 is 23.2 Å². The van der Waals surface area contributed by atoms with Gasteiger partial charge in [0.05, 0.1) is 12.7 Å². The second-order valence-corrected chi connectivity index (χ2v) is 8.26. The van der Waals surface area contributed by atoms with E-state index in [1.807, 2.05) is 12.1 Å². The van der Waals surface area contributed by atoms with Crippen LogP contribution in [0.15, 0.2) is 40.9 Å². The lowest BCUT2D eigenvalue weighted by molar-refractivity contribution is 0.385. The van der Waals surface area contributed by atoms with Gasteiger partial charge >= 0.3 is 0 Å². The molecule has 1 N–H and O–H groups in total. The maximum Gasteiger partial charge on any atom is 0.213 e. The largest absolute Gasteiger partial charge is 0.443 e. The average molecular weight is 417 g/mol. The number of aromatic nitrogens is 5. The molecule has 1 aromatic carbocycles. The molecule has 0 spiro atoms. The minimum absolute atomic E-state index is 0.0853. The first kappa shape index (κ1) is 18.7. The number of oxazole rings is 1. The van der Waals surface area contributed by atoms with Crippen LogP contribution in [0.5, 0.6) is 0 Å². The van der Waals surface area contributed by atoms with Crippen molar-refractivity contribution in [3.63, 3.8) is 0 Å². The fourth-order valence-corrected chi connectivity index (χ4v) is 3.18. The third kappa shape index (κ3) is 3.81. The number of hydrogen-bond acceptors (Lipinski definition) is 6. The van der Waals surface area contributed by atoms with E-state index in [1.54, 1.807) is 28.9 Å². The van der Waals surface area contributed by atoms with E-state index in [2.05, 4.69) is 46.4 Å². The lowest BCUT2D eigenvalue weighted by Gasteiger charge is -2.13.